The Kier molecular flexibility index (Phi) is 11.5. The molecule has 1 heterocycles. The lowest BCUT2D eigenvalue weighted by Gasteiger charge is -2.55. The zero-order chi connectivity index (χ0) is 34.3. The first kappa shape index (κ1) is 37.7. The smallest absolute Gasteiger partial charge is 0.446 e. The molecule has 4 aliphatic carbocycles. The number of aliphatic hydroxyl groups excluding tert-OH is 1. The Morgan fingerprint density at radius 2 is 1.65 bits per heavy atom. The molecule has 8 atom stereocenters. The minimum atomic E-state index is -5.43. The first-order valence-corrected chi connectivity index (χ1v) is 18.5. The van der Waals surface area contributed by atoms with Crippen molar-refractivity contribution in [2.24, 2.45) is 40.4 Å². The Balaban J connectivity index is 0.000000225. The van der Waals surface area contributed by atoms with Crippen LogP contribution in [0.25, 0.3) is 0 Å². The van der Waals surface area contributed by atoms with E-state index in [1.54, 1.807) is 0 Å². The lowest BCUT2D eigenvalue weighted by molar-refractivity contribution is -0.284. The molecule has 46 heavy (non-hydrogen) atoms. The summed E-state index contributed by atoms with van der Waals surface area (Å²) in [6, 6.07) is 0. The van der Waals surface area contributed by atoms with Gasteiger partial charge in [-0.15, -0.1) is 0 Å². The summed E-state index contributed by atoms with van der Waals surface area (Å²) < 4.78 is 66.9. The predicted octanol–water partition coefficient (Wildman–Crippen LogP) is 9.65. The summed E-state index contributed by atoms with van der Waals surface area (Å²) in [5.41, 5.74) is 0.161. The van der Waals surface area contributed by atoms with Crippen LogP contribution in [0.3, 0.4) is 0 Å². The molecule has 4 saturated carbocycles. The summed E-state index contributed by atoms with van der Waals surface area (Å²) in [7, 11) is 0. The topological polar surface area (TPSA) is 66.8 Å². The molecule has 5 fully saturated rings. The Morgan fingerprint density at radius 1 is 0.978 bits per heavy atom. The van der Waals surface area contributed by atoms with E-state index in [0.29, 0.717) is 30.6 Å². The molecule has 5 aliphatic rings. The second kappa shape index (κ2) is 14.0. The predicted molar refractivity (Wildman–Crippen MR) is 171 cm³/mol. The van der Waals surface area contributed by atoms with E-state index in [1.807, 2.05) is 20.8 Å². The van der Waals surface area contributed by atoms with Gasteiger partial charge in [-0.05, 0) is 117 Å². The number of carbonyl (C=O) groups is 2. The standard InChI is InChI=1S/C22H33NO4.C13H23F5S/c1-22-10-8-16-15-5-3-14(27-21(26)23-11-9-20(23)25)12-13(15)2-4-17(16)18(22)6-7-19(22)24;1-6-10(2,3)11(4,5)19-9-7-8-12(14,15)13(16,17)18/h13-19,24H,2-12H2,1H3;6-9H2,1-5H3. The number of rotatable bonds is 8. The summed E-state index contributed by atoms with van der Waals surface area (Å²) in [6.07, 6.45) is 4.42. The summed E-state index contributed by atoms with van der Waals surface area (Å²) in [5.74, 6) is -0.619. The van der Waals surface area contributed by atoms with Gasteiger partial charge in [0.15, 0.2) is 0 Å². The van der Waals surface area contributed by atoms with Gasteiger partial charge in [-0.3, -0.25) is 4.79 Å². The maximum atomic E-state index is 12.7. The van der Waals surface area contributed by atoms with E-state index in [4.69, 9.17) is 4.74 Å². The van der Waals surface area contributed by atoms with Crippen molar-refractivity contribution in [2.45, 2.75) is 154 Å². The number of halogens is 5. The fourth-order valence-corrected chi connectivity index (χ4v) is 10.3. The van der Waals surface area contributed by atoms with Crippen molar-refractivity contribution < 1.29 is 41.4 Å². The average Bonchev–Trinajstić information content (AvgIpc) is 3.27. The quantitative estimate of drug-likeness (QED) is 0.157. The van der Waals surface area contributed by atoms with Gasteiger partial charge < -0.3 is 9.84 Å². The molecular formula is C35H56F5NO4S. The third-order valence-corrected chi connectivity index (χ3v) is 15.0. The molecular weight excluding hydrogens is 625 g/mol. The molecule has 11 heteroatoms. The van der Waals surface area contributed by atoms with Crippen molar-refractivity contribution in [1.82, 2.24) is 4.90 Å². The molecule has 0 bridgehead atoms. The molecule has 5 nitrogen and oxygen atoms in total. The first-order valence-electron chi connectivity index (χ1n) is 17.5. The van der Waals surface area contributed by atoms with E-state index >= 15 is 0 Å². The Labute approximate surface area is 276 Å². The summed E-state index contributed by atoms with van der Waals surface area (Å²) in [4.78, 5) is 24.8. The van der Waals surface area contributed by atoms with Crippen molar-refractivity contribution >= 4 is 23.8 Å². The van der Waals surface area contributed by atoms with Crippen LogP contribution in [0.1, 0.15) is 125 Å². The van der Waals surface area contributed by atoms with Crippen LogP contribution >= 0.6 is 11.8 Å². The third kappa shape index (κ3) is 7.70. The number of thioether (sulfide) groups is 1. The Hall–Kier alpha value is -1.10. The van der Waals surface area contributed by atoms with Gasteiger partial charge in [0.05, 0.1) is 6.10 Å². The zero-order valence-corrected chi connectivity index (χ0v) is 29.4. The molecule has 0 radical (unpaired) electrons. The number of imide groups is 1. The van der Waals surface area contributed by atoms with Crippen LogP contribution in [0, 0.1) is 40.4 Å². The average molecular weight is 682 g/mol. The van der Waals surface area contributed by atoms with Crippen LogP contribution in [0.5, 0.6) is 0 Å². The number of hydrogen-bond donors (Lipinski definition) is 1. The van der Waals surface area contributed by atoms with Crippen LogP contribution < -0.4 is 0 Å². The molecule has 0 spiro atoms. The van der Waals surface area contributed by atoms with Crippen LogP contribution in [-0.4, -0.2) is 63.4 Å². The van der Waals surface area contributed by atoms with Crippen LogP contribution in [-0.2, 0) is 9.53 Å². The van der Waals surface area contributed by atoms with Crippen molar-refractivity contribution in [3.05, 3.63) is 0 Å². The Bertz CT molecular complexity index is 1080. The van der Waals surface area contributed by atoms with E-state index in [-0.39, 0.29) is 40.1 Å². The van der Waals surface area contributed by atoms with Crippen molar-refractivity contribution in [3.8, 4) is 0 Å². The molecule has 5 rings (SSSR count). The molecule has 8 unspecified atom stereocenters. The fourth-order valence-electron chi connectivity index (χ4n) is 8.99. The second-order valence-electron chi connectivity index (χ2n) is 16.1. The van der Waals surface area contributed by atoms with Crippen LogP contribution in [0.4, 0.5) is 26.7 Å². The highest BCUT2D eigenvalue weighted by Crippen LogP contribution is 2.62. The maximum absolute atomic E-state index is 12.7. The number of carbonyl (C=O) groups excluding carboxylic acids is 2. The summed E-state index contributed by atoms with van der Waals surface area (Å²) >= 11 is 1.46. The largest absolute Gasteiger partial charge is 0.453 e. The van der Waals surface area contributed by atoms with Crippen molar-refractivity contribution in [3.63, 3.8) is 0 Å². The molecule has 266 valence electrons. The highest BCUT2D eigenvalue weighted by Gasteiger charge is 2.58. The van der Waals surface area contributed by atoms with E-state index in [2.05, 4.69) is 20.8 Å². The highest BCUT2D eigenvalue weighted by atomic mass is 32.2. The molecule has 1 N–H and O–H groups in total. The van der Waals surface area contributed by atoms with E-state index in [1.165, 1.54) is 48.8 Å². The molecule has 1 aliphatic heterocycles. The van der Waals surface area contributed by atoms with Crippen LogP contribution in [0.15, 0.2) is 0 Å². The molecule has 0 aromatic heterocycles. The number of likely N-dealkylation sites (tertiary alicyclic amines) is 1. The summed E-state index contributed by atoms with van der Waals surface area (Å²) in [6.45, 7) is 13.1. The Morgan fingerprint density at radius 3 is 2.24 bits per heavy atom. The number of nitrogens with zero attached hydrogens (tertiary/aromatic N) is 1. The number of fused-ring (bicyclic) bond motifs is 5. The minimum Gasteiger partial charge on any atom is -0.446 e. The first-order chi connectivity index (χ1) is 21.2. The van der Waals surface area contributed by atoms with Gasteiger partial charge in [-0.25, -0.2) is 9.69 Å². The lowest BCUT2D eigenvalue weighted by Crippen LogP contribution is -2.51. The summed E-state index contributed by atoms with van der Waals surface area (Å²) in [5, 5.41) is 10.5. The lowest BCUT2D eigenvalue weighted by atomic mass is 9.50. The fraction of sp³-hybridized carbons (Fsp3) is 0.943. The zero-order valence-electron chi connectivity index (χ0n) is 28.6. The van der Waals surface area contributed by atoms with E-state index in [9.17, 15) is 36.6 Å². The highest BCUT2D eigenvalue weighted by molar-refractivity contribution is 8.00. The van der Waals surface area contributed by atoms with E-state index < -0.39 is 24.6 Å². The molecule has 0 aromatic rings. The number of ether oxygens (including phenoxy) is 1. The van der Waals surface area contributed by atoms with Gasteiger partial charge in [-0.2, -0.15) is 33.7 Å². The number of alkyl halides is 5. The van der Waals surface area contributed by atoms with E-state index in [0.717, 1.165) is 49.9 Å². The number of β-lactam (4-membered cyclic amide) rings is 1. The maximum Gasteiger partial charge on any atom is 0.453 e. The van der Waals surface area contributed by atoms with Gasteiger partial charge in [0.2, 0.25) is 5.91 Å². The monoisotopic (exact) mass is 681 g/mol. The van der Waals surface area contributed by atoms with Crippen molar-refractivity contribution in [2.75, 3.05) is 12.3 Å². The van der Waals surface area contributed by atoms with Gasteiger partial charge in [0.25, 0.3) is 0 Å². The van der Waals surface area contributed by atoms with Crippen molar-refractivity contribution in [1.29, 1.82) is 0 Å². The minimum absolute atomic E-state index is 0.00418. The molecule has 0 aromatic carbocycles. The number of hydrogen-bond acceptors (Lipinski definition) is 5. The third-order valence-electron chi connectivity index (χ3n) is 13.2. The van der Waals surface area contributed by atoms with Gasteiger partial charge >= 0.3 is 18.2 Å². The number of amides is 2. The number of aliphatic hydroxyl groups is 1. The second-order valence-corrected chi connectivity index (χ2v) is 17.8. The normalized spacial score (nSPS) is 34.8. The van der Waals surface area contributed by atoms with Crippen LogP contribution in [0.2, 0.25) is 0 Å². The van der Waals surface area contributed by atoms with Gasteiger partial charge in [0.1, 0.15) is 6.10 Å². The van der Waals surface area contributed by atoms with Gasteiger partial charge in [-0.1, -0.05) is 41.5 Å². The molecule has 2 amide bonds. The molecule has 1 saturated heterocycles. The van der Waals surface area contributed by atoms with Gasteiger partial charge in [0, 0.05) is 24.1 Å². The SMILES string of the molecule is CC12CCC3C4CCC(OC(=O)N5CCC5=O)CC4CCC3C1CCC2O.CCC(C)(C)C(C)(C)SCCCC(F)(F)C(F)(F)F.